The first-order valence-corrected chi connectivity index (χ1v) is 6.44. The molecule has 6 heteroatoms. The van der Waals surface area contributed by atoms with Crippen LogP contribution in [0.25, 0.3) is 0 Å². The van der Waals surface area contributed by atoms with Crippen LogP contribution in [0.15, 0.2) is 18.2 Å². The molecule has 0 spiro atoms. The Morgan fingerprint density at radius 1 is 1.37 bits per heavy atom. The highest BCUT2D eigenvalue weighted by molar-refractivity contribution is 5.49. The monoisotopic (exact) mass is 266 g/mol. The molecule has 1 atom stereocenters. The van der Waals surface area contributed by atoms with Crippen molar-refractivity contribution in [3.8, 4) is 11.5 Å². The first-order chi connectivity index (χ1) is 9.13. The average Bonchev–Trinajstić information content (AvgIpc) is 2.43. The zero-order valence-corrected chi connectivity index (χ0v) is 11.2. The summed E-state index contributed by atoms with van der Waals surface area (Å²) in [5.41, 5.74) is 0.0193. The van der Waals surface area contributed by atoms with E-state index in [1.54, 1.807) is 6.07 Å². The van der Waals surface area contributed by atoms with E-state index in [0.29, 0.717) is 18.1 Å². The SMILES string of the molecule is CCN(CC)CC1COc2ccc([N+](=O)[O-])cc2O1. The highest BCUT2D eigenvalue weighted by Crippen LogP contribution is 2.34. The molecule has 0 aromatic heterocycles. The quantitative estimate of drug-likeness (QED) is 0.603. The van der Waals surface area contributed by atoms with Gasteiger partial charge in [0.25, 0.3) is 5.69 Å². The Labute approximate surface area is 112 Å². The van der Waals surface area contributed by atoms with Crippen LogP contribution < -0.4 is 9.47 Å². The summed E-state index contributed by atoms with van der Waals surface area (Å²) in [6.45, 7) is 7.30. The van der Waals surface area contributed by atoms with Gasteiger partial charge >= 0.3 is 0 Å². The van der Waals surface area contributed by atoms with Crippen LogP contribution in [0.3, 0.4) is 0 Å². The van der Waals surface area contributed by atoms with Gasteiger partial charge in [-0.2, -0.15) is 0 Å². The van der Waals surface area contributed by atoms with Crippen molar-refractivity contribution in [3.05, 3.63) is 28.3 Å². The molecular weight excluding hydrogens is 248 g/mol. The van der Waals surface area contributed by atoms with E-state index in [-0.39, 0.29) is 11.8 Å². The fourth-order valence-electron chi connectivity index (χ4n) is 2.08. The first-order valence-electron chi connectivity index (χ1n) is 6.44. The molecular formula is C13H18N2O4. The lowest BCUT2D eigenvalue weighted by Crippen LogP contribution is -2.40. The Morgan fingerprint density at radius 2 is 2.11 bits per heavy atom. The van der Waals surface area contributed by atoms with Gasteiger partial charge in [-0.1, -0.05) is 13.8 Å². The summed E-state index contributed by atoms with van der Waals surface area (Å²) in [6.07, 6.45) is -0.0885. The molecule has 1 unspecified atom stereocenters. The van der Waals surface area contributed by atoms with Crippen LogP contribution in [0.2, 0.25) is 0 Å². The van der Waals surface area contributed by atoms with Crippen molar-refractivity contribution in [2.24, 2.45) is 0 Å². The van der Waals surface area contributed by atoms with Gasteiger partial charge in [0.1, 0.15) is 12.7 Å². The fourth-order valence-corrected chi connectivity index (χ4v) is 2.08. The molecule has 1 aliphatic rings. The van der Waals surface area contributed by atoms with Gasteiger partial charge in [0.15, 0.2) is 11.5 Å². The van der Waals surface area contributed by atoms with Gasteiger partial charge in [-0.25, -0.2) is 0 Å². The van der Waals surface area contributed by atoms with Gasteiger partial charge in [0, 0.05) is 12.6 Å². The summed E-state index contributed by atoms with van der Waals surface area (Å²) in [5.74, 6) is 1.03. The molecule has 0 radical (unpaired) electrons. The smallest absolute Gasteiger partial charge is 0.273 e. The van der Waals surface area contributed by atoms with Crippen LogP contribution >= 0.6 is 0 Å². The van der Waals surface area contributed by atoms with Crippen molar-refractivity contribution in [2.45, 2.75) is 20.0 Å². The molecule has 1 aromatic rings. The number of benzene rings is 1. The molecule has 6 nitrogen and oxygen atoms in total. The lowest BCUT2D eigenvalue weighted by Gasteiger charge is -2.30. The molecule has 0 saturated heterocycles. The number of ether oxygens (including phenoxy) is 2. The largest absolute Gasteiger partial charge is 0.486 e. The van der Waals surface area contributed by atoms with E-state index in [2.05, 4.69) is 18.7 Å². The molecule has 0 aliphatic carbocycles. The van der Waals surface area contributed by atoms with Crippen molar-refractivity contribution < 1.29 is 14.4 Å². The number of hydrogen-bond donors (Lipinski definition) is 0. The summed E-state index contributed by atoms with van der Waals surface area (Å²) < 4.78 is 11.4. The molecule has 0 fully saturated rings. The number of fused-ring (bicyclic) bond motifs is 1. The van der Waals surface area contributed by atoms with Gasteiger partial charge in [-0.05, 0) is 19.2 Å². The minimum absolute atomic E-state index is 0.0193. The van der Waals surface area contributed by atoms with Crippen LogP contribution in [-0.4, -0.2) is 42.2 Å². The van der Waals surface area contributed by atoms with E-state index in [1.807, 2.05) is 0 Å². The predicted octanol–water partition coefficient (Wildman–Crippen LogP) is 2.08. The maximum Gasteiger partial charge on any atom is 0.273 e. The topological polar surface area (TPSA) is 64.8 Å². The van der Waals surface area contributed by atoms with Crippen molar-refractivity contribution in [3.63, 3.8) is 0 Å². The molecule has 104 valence electrons. The summed E-state index contributed by atoms with van der Waals surface area (Å²) in [4.78, 5) is 12.5. The van der Waals surface area contributed by atoms with E-state index in [0.717, 1.165) is 19.6 Å². The average molecular weight is 266 g/mol. The Kier molecular flexibility index (Phi) is 4.21. The zero-order chi connectivity index (χ0) is 13.8. The second-order valence-electron chi connectivity index (χ2n) is 4.42. The van der Waals surface area contributed by atoms with E-state index < -0.39 is 4.92 Å². The number of nitro groups is 1. The third kappa shape index (κ3) is 3.14. The summed E-state index contributed by atoms with van der Waals surface area (Å²) in [7, 11) is 0. The molecule has 0 saturated carbocycles. The summed E-state index contributed by atoms with van der Waals surface area (Å²) in [5, 5.41) is 10.7. The lowest BCUT2D eigenvalue weighted by molar-refractivity contribution is -0.385. The summed E-state index contributed by atoms with van der Waals surface area (Å²) in [6, 6.07) is 4.43. The van der Waals surface area contributed by atoms with E-state index >= 15 is 0 Å². The van der Waals surface area contributed by atoms with Crippen LogP contribution in [0.4, 0.5) is 5.69 Å². The fraction of sp³-hybridized carbons (Fsp3) is 0.538. The standard InChI is InChI=1S/C13H18N2O4/c1-3-14(4-2)8-11-9-18-12-6-5-10(15(16)17)7-13(12)19-11/h5-7,11H,3-4,8-9H2,1-2H3. The number of likely N-dealkylation sites (N-methyl/N-ethyl adjacent to an activating group) is 1. The Morgan fingerprint density at radius 3 is 2.74 bits per heavy atom. The van der Waals surface area contributed by atoms with Crippen molar-refractivity contribution in [1.82, 2.24) is 4.90 Å². The van der Waals surface area contributed by atoms with Crippen LogP contribution in [-0.2, 0) is 0 Å². The van der Waals surface area contributed by atoms with E-state index in [9.17, 15) is 10.1 Å². The van der Waals surface area contributed by atoms with Gasteiger partial charge in [-0.3, -0.25) is 10.1 Å². The number of hydrogen-bond acceptors (Lipinski definition) is 5. The zero-order valence-electron chi connectivity index (χ0n) is 11.2. The maximum absolute atomic E-state index is 10.7. The number of nitro benzene ring substituents is 1. The van der Waals surface area contributed by atoms with Gasteiger partial charge in [0.2, 0.25) is 0 Å². The minimum atomic E-state index is -0.433. The van der Waals surface area contributed by atoms with E-state index in [1.165, 1.54) is 12.1 Å². The number of rotatable bonds is 5. The highest BCUT2D eigenvalue weighted by Gasteiger charge is 2.24. The molecule has 0 bridgehead atoms. The summed E-state index contributed by atoms with van der Waals surface area (Å²) >= 11 is 0. The molecule has 0 N–H and O–H groups in total. The van der Waals surface area contributed by atoms with Gasteiger partial charge < -0.3 is 14.4 Å². The second kappa shape index (κ2) is 5.88. The van der Waals surface area contributed by atoms with Crippen LogP contribution in [0, 0.1) is 10.1 Å². The number of non-ortho nitro benzene ring substituents is 1. The Balaban J connectivity index is 2.09. The molecule has 1 heterocycles. The highest BCUT2D eigenvalue weighted by atomic mass is 16.6. The predicted molar refractivity (Wildman–Crippen MR) is 70.8 cm³/mol. The van der Waals surface area contributed by atoms with Crippen molar-refractivity contribution >= 4 is 5.69 Å². The van der Waals surface area contributed by atoms with Gasteiger partial charge in [-0.15, -0.1) is 0 Å². The van der Waals surface area contributed by atoms with E-state index in [4.69, 9.17) is 9.47 Å². The first kappa shape index (κ1) is 13.6. The third-order valence-corrected chi connectivity index (χ3v) is 3.21. The molecule has 1 aromatic carbocycles. The third-order valence-electron chi connectivity index (χ3n) is 3.21. The molecule has 0 amide bonds. The van der Waals surface area contributed by atoms with Crippen LogP contribution in [0.1, 0.15) is 13.8 Å². The molecule has 1 aliphatic heterocycles. The maximum atomic E-state index is 10.7. The van der Waals surface area contributed by atoms with Crippen molar-refractivity contribution in [2.75, 3.05) is 26.2 Å². The Hall–Kier alpha value is -1.82. The second-order valence-corrected chi connectivity index (χ2v) is 4.42. The Bertz CT molecular complexity index is 460. The lowest BCUT2D eigenvalue weighted by atomic mass is 10.2. The van der Waals surface area contributed by atoms with Gasteiger partial charge in [0.05, 0.1) is 11.0 Å². The minimum Gasteiger partial charge on any atom is -0.486 e. The molecule has 19 heavy (non-hydrogen) atoms. The number of nitrogens with zero attached hydrogens (tertiary/aromatic N) is 2. The van der Waals surface area contributed by atoms with Crippen molar-refractivity contribution in [1.29, 1.82) is 0 Å². The normalized spacial score (nSPS) is 17.5. The van der Waals surface area contributed by atoms with Crippen LogP contribution in [0.5, 0.6) is 11.5 Å². The molecule has 2 rings (SSSR count).